The Morgan fingerprint density at radius 3 is 3.16 bits per heavy atom. The second kappa shape index (κ2) is 5.43. The molecule has 100 valence electrons. The number of aryl methyl sites for hydroxylation is 1. The number of hydrogen-bond acceptors (Lipinski definition) is 4. The summed E-state index contributed by atoms with van der Waals surface area (Å²) >= 11 is 0. The summed E-state index contributed by atoms with van der Waals surface area (Å²) in [7, 11) is 0. The molecule has 0 amide bonds. The van der Waals surface area contributed by atoms with E-state index in [-0.39, 0.29) is 0 Å². The van der Waals surface area contributed by atoms with Crippen molar-refractivity contribution in [1.82, 2.24) is 10.1 Å². The molecule has 2 aromatic rings. The van der Waals surface area contributed by atoms with E-state index in [4.69, 9.17) is 4.52 Å². The van der Waals surface area contributed by atoms with E-state index in [0.29, 0.717) is 5.92 Å². The largest absolute Gasteiger partial charge is 0.384 e. The van der Waals surface area contributed by atoms with Crippen LogP contribution in [0.15, 0.2) is 28.8 Å². The zero-order chi connectivity index (χ0) is 13.1. The number of aromatic nitrogens is 2. The fourth-order valence-corrected chi connectivity index (χ4v) is 2.56. The molecule has 19 heavy (non-hydrogen) atoms. The Hall–Kier alpha value is -1.84. The maximum atomic E-state index is 5.35. The van der Waals surface area contributed by atoms with Gasteiger partial charge in [0.15, 0.2) is 5.82 Å². The molecule has 0 radical (unpaired) electrons. The SMILES string of the molecule is CCCCc1noc(CC2CNc3ccccc32)n1. The van der Waals surface area contributed by atoms with E-state index < -0.39 is 0 Å². The summed E-state index contributed by atoms with van der Waals surface area (Å²) in [6.45, 7) is 3.12. The first-order chi connectivity index (χ1) is 9.36. The van der Waals surface area contributed by atoms with Crippen molar-refractivity contribution in [3.63, 3.8) is 0 Å². The van der Waals surface area contributed by atoms with Crippen molar-refractivity contribution in [3.05, 3.63) is 41.5 Å². The molecule has 3 rings (SSSR count). The van der Waals surface area contributed by atoms with Crippen LogP contribution in [0.4, 0.5) is 5.69 Å². The maximum absolute atomic E-state index is 5.35. The van der Waals surface area contributed by atoms with Crippen molar-refractivity contribution in [1.29, 1.82) is 0 Å². The van der Waals surface area contributed by atoms with Gasteiger partial charge >= 0.3 is 0 Å². The smallest absolute Gasteiger partial charge is 0.227 e. The van der Waals surface area contributed by atoms with Gasteiger partial charge in [-0.05, 0) is 18.1 Å². The van der Waals surface area contributed by atoms with Gasteiger partial charge in [-0.1, -0.05) is 36.7 Å². The maximum Gasteiger partial charge on any atom is 0.227 e. The standard InChI is InChI=1S/C15H19N3O/c1-2-3-8-14-17-15(19-18-14)9-11-10-16-13-7-5-4-6-12(11)13/h4-7,11,16H,2-3,8-10H2,1H3. The van der Waals surface area contributed by atoms with Crippen LogP contribution in [-0.2, 0) is 12.8 Å². The lowest BCUT2D eigenvalue weighted by Crippen LogP contribution is -2.05. The van der Waals surface area contributed by atoms with Gasteiger partial charge in [-0.2, -0.15) is 4.98 Å². The predicted octanol–water partition coefficient (Wildman–Crippen LogP) is 3.16. The van der Waals surface area contributed by atoms with Crippen LogP contribution in [0.3, 0.4) is 0 Å². The zero-order valence-corrected chi connectivity index (χ0v) is 11.2. The minimum atomic E-state index is 0.440. The average Bonchev–Trinajstić information content (AvgIpc) is 3.05. The van der Waals surface area contributed by atoms with Crippen molar-refractivity contribution in [2.45, 2.75) is 38.5 Å². The van der Waals surface area contributed by atoms with Gasteiger partial charge in [0.2, 0.25) is 5.89 Å². The van der Waals surface area contributed by atoms with Crippen LogP contribution in [0.2, 0.25) is 0 Å². The van der Waals surface area contributed by atoms with Crippen LogP contribution in [0.5, 0.6) is 0 Å². The van der Waals surface area contributed by atoms with E-state index in [2.05, 4.69) is 46.6 Å². The van der Waals surface area contributed by atoms with Crippen LogP contribution in [-0.4, -0.2) is 16.7 Å². The van der Waals surface area contributed by atoms with Gasteiger partial charge in [0.25, 0.3) is 0 Å². The molecular formula is C15H19N3O. The van der Waals surface area contributed by atoms with Crippen LogP contribution in [0, 0.1) is 0 Å². The molecule has 0 fully saturated rings. The molecule has 4 heteroatoms. The van der Waals surface area contributed by atoms with Gasteiger partial charge in [-0.25, -0.2) is 0 Å². The minimum Gasteiger partial charge on any atom is -0.384 e. The molecule has 4 nitrogen and oxygen atoms in total. The molecule has 1 aromatic carbocycles. The number of unbranched alkanes of at least 4 members (excludes halogenated alkanes) is 1. The second-order valence-electron chi connectivity index (χ2n) is 5.08. The van der Waals surface area contributed by atoms with Crippen molar-refractivity contribution >= 4 is 5.69 Å². The Morgan fingerprint density at radius 2 is 2.26 bits per heavy atom. The quantitative estimate of drug-likeness (QED) is 0.894. The second-order valence-corrected chi connectivity index (χ2v) is 5.08. The number of nitrogens with one attached hydrogen (secondary N) is 1. The zero-order valence-electron chi connectivity index (χ0n) is 11.2. The molecule has 1 atom stereocenters. The molecule has 0 aliphatic carbocycles. The Morgan fingerprint density at radius 1 is 1.37 bits per heavy atom. The average molecular weight is 257 g/mol. The van der Waals surface area contributed by atoms with Gasteiger partial charge < -0.3 is 9.84 Å². The van der Waals surface area contributed by atoms with Gasteiger partial charge in [0, 0.05) is 31.0 Å². The molecule has 1 aliphatic heterocycles. The summed E-state index contributed by atoms with van der Waals surface area (Å²) in [4.78, 5) is 4.48. The van der Waals surface area contributed by atoms with E-state index in [1.54, 1.807) is 0 Å². The van der Waals surface area contributed by atoms with Crippen LogP contribution < -0.4 is 5.32 Å². The molecule has 2 heterocycles. The van der Waals surface area contributed by atoms with E-state index in [0.717, 1.165) is 43.9 Å². The van der Waals surface area contributed by atoms with Gasteiger partial charge in [-0.15, -0.1) is 0 Å². The van der Waals surface area contributed by atoms with Crippen molar-refractivity contribution in [2.24, 2.45) is 0 Å². The first-order valence-corrected chi connectivity index (χ1v) is 7.01. The summed E-state index contributed by atoms with van der Waals surface area (Å²) in [5.74, 6) is 2.04. The fraction of sp³-hybridized carbons (Fsp3) is 0.467. The minimum absolute atomic E-state index is 0.440. The highest BCUT2D eigenvalue weighted by Gasteiger charge is 2.23. The van der Waals surface area contributed by atoms with Crippen LogP contribution in [0.1, 0.15) is 43.0 Å². The number of rotatable bonds is 5. The molecule has 1 aliphatic rings. The normalized spacial score (nSPS) is 17.2. The molecular weight excluding hydrogens is 238 g/mol. The number of hydrogen-bond donors (Lipinski definition) is 1. The number of fused-ring (bicyclic) bond motifs is 1. The Bertz CT molecular complexity index is 550. The summed E-state index contributed by atoms with van der Waals surface area (Å²) in [5, 5.41) is 7.47. The van der Waals surface area contributed by atoms with Crippen molar-refractivity contribution in [2.75, 3.05) is 11.9 Å². The van der Waals surface area contributed by atoms with E-state index >= 15 is 0 Å². The third-order valence-electron chi connectivity index (χ3n) is 3.62. The molecule has 1 N–H and O–H groups in total. The summed E-state index contributed by atoms with van der Waals surface area (Å²) < 4.78 is 5.35. The summed E-state index contributed by atoms with van der Waals surface area (Å²) in [6.07, 6.45) is 4.01. The molecule has 0 spiro atoms. The van der Waals surface area contributed by atoms with E-state index in [1.807, 2.05) is 0 Å². The molecule has 0 saturated carbocycles. The highest BCUT2D eigenvalue weighted by Crippen LogP contribution is 2.32. The molecule has 0 bridgehead atoms. The summed E-state index contributed by atoms with van der Waals surface area (Å²) in [6, 6.07) is 8.44. The predicted molar refractivity (Wildman–Crippen MR) is 74.3 cm³/mol. The first kappa shape index (κ1) is 12.2. The number of anilines is 1. The summed E-state index contributed by atoms with van der Waals surface area (Å²) in [5.41, 5.74) is 2.59. The Kier molecular flexibility index (Phi) is 3.49. The van der Waals surface area contributed by atoms with Gasteiger partial charge in [0.05, 0.1) is 0 Å². The van der Waals surface area contributed by atoms with Crippen molar-refractivity contribution < 1.29 is 4.52 Å². The van der Waals surface area contributed by atoms with Crippen molar-refractivity contribution in [3.8, 4) is 0 Å². The monoisotopic (exact) mass is 257 g/mol. The third-order valence-corrected chi connectivity index (χ3v) is 3.62. The Balaban J connectivity index is 1.68. The van der Waals surface area contributed by atoms with E-state index in [9.17, 15) is 0 Å². The first-order valence-electron chi connectivity index (χ1n) is 7.01. The topological polar surface area (TPSA) is 51.0 Å². The third kappa shape index (κ3) is 2.62. The van der Waals surface area contributed by atoms with Crippen LogP contribution in [0.25, 0.3) is 0 Å². The highest BCUT2D eigenvalue weighted by molar-refractivity contribution is 5.57. The number of benzene rings is 1. The van der Waals surface area contributed by atoms with Crippen LogP contribution >= 0.6 is 0 Å². The lowest BCUT2D eigenvalue weighted by atomic mass is 9.98. The molecule has 0 saturated heterocycles. The molecule has 1 unspecified atom stereocenters. The van der Waals surface area contributed by atoms with E-state index in [1.165, 1.54) is 11.3 Å². The van der Waals surface area contributed by atoms with Gasteiger partial charge in [0.1, 0.15) is 0 Å². The Labute approximate surface area is 113 Å². The van der Waals surface area contributed by atoms with Gasteiger partial charge in [-0.3, -0.25) is 0 Å². The lowest BCUT2D eigenvalue weighted by molar-refractivity contribution is 0.366. The number of nitrogens with zero attached hydrogens (tertiary/aromatic N) is 2. The highest BCUT2D eigenvalue weighted by atomic mass is 16.5. The fourth-order valence-electron chi connectivity index (χ4n) is 2.56. The number of para-hydroxylation sites is 1. The molecule has 1 aromatic heterocycles. The lowest BCUT2D eigenvalue weighted by Gasteiger charge is -2.05.